The van der Waals surface area contributed by atoms with Crippen molar-refractivity contribution in [2.75, 3.05) is 4.81 Å². The van der Waals surface area contributed by atoms with Crippen LogP contribution in [0.2, 0.25) is 0 Å². The molecule has 6 heteroatoms. The molecule has 5 nitrogen and oxygen atoms in total. The van der Waals surface area contributed by atoms with Gasteiger partial charge >= 0.3 is 7.12 Å². The third-order valence-corrected chi connectivity index (χ3v) is 8.67. The molecular weight excluding hydrogens is 477 g/mol. The Balaban J connectivity index is 1.27. The van der Waals surface area contributed by atoms with Crippen LogP contribution in [0.3, 0.4) is 0 Å². The van der Waals surface area contributed by atoms with Gasteiger partial charge in [-0.15, -0.1) is 0 Å². The summed E-state index contributed by atoms with van der Waals surface area (Å²) in [5, 5.41) is 5.13. The maximum Gasteiger partial charge on any atom is 0.519 e. The minimum atomic E-state index is -0.0334. The van der Waals surface area contributed by atoms with Gasteiger partial charge in [0.2, 0.25) is 0 Å². The number of fused-ring (bicyclic) bond motifs is 14. The van der Waals surface area contributed by atoms with Crippen molar-refractivity contribution in [2.45, 2.75) is 0 Å². The smallest absolute Gasteiger partial charge is 0.343 e. The predicted molar refractivity (Wildman–Crippen MR) is 160 cm³/mol. The molecule has 0 spiro atoms. The number of anilines is 2. The molecule has 0 bridgehead atoms. The summed E-state index contributed by atoms with van der Waals surface area (Å²) in [6, 6.07) is 39.6. The molecule has 0 saturated carbocycles. The van der Waals surface area contributed by atoms with Crippen LogP contribution in [0.15, 0.2) is 122 Å². The molecule has 5 heterocycles. The van der Waals surface area contributed by atoms with Gasteiger partial charge in [0.25, 0.3) is 0 Å². The van der Waals surface area contributed by atoms with E-state index in [4.69, 9.17) is 4.98 Å². The van der Waals surface area contributed by atoms with E-state index in [0.29, 0.717) is 0 Å². The van der Waals surface area contributed by atoms with Crippen molar-refractivity contribution in [1.29, 1.82) is 0 Å². The zero-order valence-electron chi connectivity index (χ0n) is 20.9. The predicted octanol–water partition coefficient (Wildman–Crippen LogP) is 7.60. The van der Waals surface area contributed by atoms with Crippen molar-refractivity contribution in [2.24, 2.45) is 0 Å². The maximum atomic E-state index is 4.91. The summed E-state index contributed by atoms with van der Waals surface area (Å²) in [6.07, 6.45) is 4.05. The van der Waals surface area contributed by atoms with Gasteiger partial charge in [-0.3, -0.25) is 0 Å². The summed E-state index contributed by atoms with van der Waals surface area (Å²) in [5.41, 5.74) is 9.65. The van der Waals surface area contributed by atoms with Crippen LogP contribution >= 0.6 is 0 Å². The normalized spacial score (nSPS) is 13.5. The Morgan fingerprint density at radius 1 is 0.590 bits per heavy atom. The molecule has 8 aromatic rings. The Morgan fingerprint density at radius 3 is 2.03 bits per heavy atom. The number of rotatable bonds is 1. The molecule has 0 unspecified atom stereocenters. The highest BCUT2D eigenvalue weighted by atomic mass is 15.3. The van der Waals surface area contributed by atoms with Gasteiger partial charge in [0.1, 0.15) is 5.82 Å². The van der Waals surface area contributed by atoms with Crippen LogP contribution in [0.25, 0.3) is 60.7 Å². The Kier molecular flexibility index (Phi) is 3.46. The molecule has 0 amide bonds. The monoisotopic (exact) mass is 497 g/mol. The quantitative estimate of drug-likeness (QED) is 0.219. The topological polar surface area (TPSA) is 30.9 Å². The number of imidazole rings is 1. The maximum absolute atomic E-state index is 4.91. The second-order valence-corrected chi connectivity index (χ2v) is 10.5. The molecule has 0 saturated heterocycles. The van der Waals surface area contributed by atoms with Crippen molar-refractivity contribution in [3.05, 3.63) is 122 Å². The van der Waals surface area contributed by atoms with Crippen LogP contribution < -0.4 is 4.81 Å². The Morgan fingerprint density at radius 2 is 1.26 bits per heavy atom. The van der Waals surface area contributed by atoms with E-state index in [1.54, 1.807) is 0 Å². The van der Waals surface area contributed by atoms with Crippen molar-refractivity contribution < 1.29 is 0 Å². The van der Waals surface area contributed by atoms with Crippen LogP contribution in [0.4, 0.5) is 11.4 Å². The molecule has 2 aliphatic rings. The SMILES string of the molecule is c1ccc2c(c1)c1cccc3c1n2B1N3c2ccc(-n3c4ccccc4c4ccccc43)cc2-c2nccn21. The molecule has 0 N–H and O–H groups in total. The van der Waals surface area contributed by atoms with Crippen LogP contribution in [0.1, 0.15) is 0 Å². The Labute approximate surface area is 223 Å². The fourth-order valence-electron chi connectivity index (χ4n) is 7.17. The second kappa shape index (κ2) is 6.80. The molecule has 0 atom stereocenters. The summed E-state index contributed by atoms with van der Waals surface area (Å²) < 4.78 is 7.19. The Bertz CT molecular complexity index is 2270. The molecule has 10 rings (SSSR count). The van der Waals surface area contributed by atoms with E-state index < -0.39 is 0 Å². The first-order valence-electron chi connectivity index (χ1n) is 13.4. The average Bonchev–Trinajstić information content (AvgIpc) is 3.76. The third-order valence-electron chi connectivity index (χ3n) is 8.67. The summed E-state index contributed by atoms with van der Waals surface area (Å²) in [7, 11) is -0.0334. The lowest BCUT2D eigenvalue weighted by atomic mass is 9.84. The first-order chi connectivity index (χ1) is 19.4. The first kappa shape index (κ1) is 19.8. The molecule has 180 valence electrons. The van der Waals surface area contributed by atoms with E-state index in [0.717, 1.165) is 17.1 Å². The zero-order valence-corrected chi connectivity index (χ0v) is 20.9. The van der Waals surface area contributed by atoms with E-state index in [1.165, 1.54) is 55.0 Å². The van der Waals surface area contributed by atoms with Crippen molar-refractivity contribution in [3.8, 4) is 17.1 Å². The average molecular weight is 497 g/mol. The minimum absolute atomic E-state index is 0.0334. The number of para-hydroxylation sites is 4. The summed E-state index contributed by atoms with van der Waals surface area (Å²) in [6.45, 7) is 0. The van der Waals surface area contributed by atoms with Gasteiger partial charge in [-0.2, -0.15) is 0 Å². The molecule has 0 radical (unpaired) electrons. The van der Waals surface area contributed by atoms with E-state index >= 15 is 0 Å². The number of hydrogen-bond acceptors (Lipinski definition) is 2. The molecule has 39 heavy (non-hydrogen) atoms. The van der Waals surface area contributed by atoms with Crippen molar-refractivity contribution >= 4 is 62.1 Å². The highest BCUT2D eigenvalue weighted by molar-refractivity contribution is 6.68. The molecule has 5 aromatic carbocycles. The van der Waals surface area contributed by atoms with Gasteiger partial charge < -0.3 is 18.3 Å². The molecule has 0 fully saturated rings. The van der Waals surface area contributed by atoms with Crippen LogP contribution in [-0.4, -0.2) is 25.6 Å². The molecule has 3 aromatic heterocycles. The lowest BCUT2D eigenvalue weighted by Gasteiger charge is -2.33. The van der Waals surface area contributed by atoms with Crippen LogP contribution in [0.5, 0.6) is 0 Å². The highest BCUT2D eigenvalue weighted by Crippen LogP contribution is 2.50. The van der Waals surface area contributed by atoms with Gasteiger partial charge in [-0.1, -0.05) is 66.7 Å². The number of benzene rings is 5. The van der Waals surface area contributed by atoms with Crippen molar-refractivity contribution in [1.82, 2.24) is 18.5 Å². The van der Waals surface area contributed by atoms with Crippen LogP contribution in [0, 0.1) is 0 Å². The number of hydrogen-bond donors (Lipinski definition) is 0. The summed E-state index contributed by atoms with van der Waals surface area (Å²) >= 11 is 0. The number of aromatic nitrogens is 4. The standard InChI is InChI=1S/C33H20BN5/c1-4-12-27-22(8-1)23-9-2-5-13-28(23)37(27)21-16-17-30-26(20-21)33-35-18-19-36(33)34-38(30)31-15-7-11-25-24-10-3-6-14-29(24)39(34)32(25)31/h1-20H. The fourth-order valence-corrected chi connectivity index (χ4v) is 7.17. The van der Waals surface area contributed by atoms with Gasteiger partial charge in [0.15, 0.2) is 0 Å². The lowest BCUT2D eigenvalue weighted by molar-refractivity contribution is 1.06. The second-order valence-electron chi connectivity index (χ2n) is 10.5. The Hall–Kier alpha value is -5.23. The zero-order chi connectivity index (χ0) is 25.2. The fraction of sp³-hybridized carbons (Fsp3) is 0. The third kappa shape index (κ3) is 2.28. The largest absolute Gasteiger partial charge is 0.519 e. The molecular formula is C33H20BN5. The molecule has 0 aliphatic carbocycles. The van der Waals surface area contributed by atoms with E-state index in [-0.39, 0.29) is 7.12 Å². The van der Waals surface area contributed by atoms with E-state index in [2.05, 4.69) is 134 Å². The lowest BCUT2D eigenvalue weighted by Crippen LogP contribution is -2.47. The van der Waals surface area contributed by atoms with E-state index in [9.17, 15) is 0 Å². The summed E-state index contributed by atoms with van der Waals surface area (Å²) in [4.78, 5) is 7.39. The first-order valence-corrected chi connectivity index (χ1v) is 13.4. The van der Waals surface area contributed by atoms with Gasteiger partial charge in [0.05, 0.1) is 22.2 Å². The van der Waals surface area contributed by atoms with Gasteiger partial charge in [0, 0.05) is 56.4 Å². The van der Waals surface area contributed by atoms with Gasteiger partial charge in [-0.25, -0.2) is 4.98 Å². The van der Waals surface area contributed by atoms with Crippen molar-refractivity contribution in [3.63, 3.8) is 0 Å². The van der Waals surface area contributed by atoms with Crippen LogP contribution in [-0.2, 0) is 0 Å². The van der Waals surface area contributed by atoms with E-state index in [1.807, 2.05) is 6.20 Å². The number of nitrogens with zero attached hydrogens (tertiary/aromatic N) is 5. The minimum Gasteiger partial charge on any atom is -0.343 e. The highest BCUT2D eigenvalue weighted by Gasteiger charge is 2.46. The molecule has 2 aliphatic heterocycles. The van der Waals surface area contributed by atoms with Gasteiger partial charge in [-0.05, 0) is 42.5 Å². The summed E-state index contributed by atoms with van der Waals surface area (Å²) in [5.74, 6) is 0.993.